The number of carboxylic acid groups (broad SMARTS) is 2. The number of aliphatic carboxylic acids is 2. The number of hydrogen-bond acceptors (Lipinski definition) is 55. The summed E-state index contributed by atoms with van der Waals surface area (Å²) in [6.07, 6.45) is -45.1. The molecule has 4 N–H and O–H groups in total. The second kappa shape index (κ2) is 48.9. The van der Waals surface area contributed by atoms with E-state index in [9.17, 15) is 94.1 Å². The standard InChI is InChI=1S/C53H88N4O50S8/c1-21-23(17-84-113(69,70)71)87-48(30(31(21)78-2)56-28(59)15-9-8-12-16-54-27(58)14-11-10-13-26-29-22(20-108-26)55-53(64)57-29)92-36-34(79-3)42(81-5)50(94-40(36)46(60)61)91-33-25(19-86-115(75,76)77)89-52(45(99-112-107-103-68)39(33)97-110-105-101-66)93-37-35(80-4)43(82-6)51(95-41(37)47(62)63)90-32-24(18-85-114(72,73)74)88-49(83-7)44(98-111-106-102-67)38(32)96-109-104-100-65/h21-26,29-45,48-52,65-68H,8-20H2,1-7H3,(H,54,58)(H,56,59)(H,60,61)(H,62,63)(H2,55,57,64)(H,69,70,71)(H,72,73,74)(H,75,76,77)/p-9/t21-,22?,23?,24?,25+,26?,29?,30?,31+,32-,33-,34+,35?,36+,37+,38+,39?,40?,41-,42?,43?,44?,45?,48+,49+,50-,51+,52-/m1/s1. The van der Waals surface area contributed by atoms with Crippen LogP contribution in [0.25, 0.3) is 0 Å². The predicted molar refractivity (Wildman–Crippen MR) is 346 cm³/mol. The lowest BCUT2D eigenvalue weighted by atomic mass is 9.88. The van der Waals surface area contributed by atoms with Crippen LogP contribution in [0.3, 0.4) is 0 Å². The summed E-state index contributed by atoms with van der Waals surface area (Å²) in [5.74, 6) is -5.51. The molecule has 0 spiro atoms. The molecular weight excluding hydrogens is 1750 g/mol. The Labute approximate surface area is 675 Å². The van der Waals surface area contributed by atoms with Gasteiger partial charge in [0.15, 0.2) is 93.0 Å². The van der Waals surface area contributed by atoms with Crippen molar-refractivity contribution in [3.05, 3.63) is 0 Å². The minimum absolute atomic E-state index is 0.0351. The van der Waals surface area contributed by atoms with Crippen molar-refractivity contribution in [3.8, 4) is 0 Å². The molecule has 7 fully saturated rings. The lowest BCUT2D eigenvalue weighted by Gasteiger charge is -2.52. The first-order valence-electron chi connectivity index (χ1n) is 33.5. The number of fused-ring (bicyclic) bond motifs is 1. The molecule has 62 heteroatoms. The first kappa shape index (κ1) is 99.4. The average molecular weight is 1830 g/mol. The normalized spacial score (nSPS) is 35.2. The van der Waals surface area contributed by atoms with E-state index in [1.54, 1.807) is 11.8 Å². The van der Waals surface area contributed by atoms with E-state index in [1.165, 1.54) is 14.0 Å². The Bertz CT molecular complexity index is 3330. The third-order valence-corrected chi connectivity index (χ3v) is 22.7. The van der Waals surface area contributed by atoms with Crippen molar-refractivity contribution in [2.24, 2.45) is 5.92 Å². The van der Waals surface area contributed by atoms with Crippen LogP contribution in [0.15, 0.2) is 0 Å². The van der Waals surface area contributed by atoms with Crippen LogP contribution < -0.4 is 52.5 Å². The van der Waals surface area contributed by atoms with E-state index in [4.69, 9.17) is 87.8 Å². The Morgan fingerprint density at radius 2 is 0.878 bits per heavy atom. The maximum absolute atomic E-state index is 13.9. The van der Waals surface area contributed by atoms with Crippen molar-refractivity contribution in [3.63, 3.8) is 0 Å². The summed E-state index contributed by atoms with van der Waals surface area (Å²) >= 11 is 0.442. The summed E-state index contributed by atoms with van der Waals surface area (Å²) in [7, 11) is -11.1. The summed E-state index contributed by atoms with van der Waals surface area (Å²) in [6, 6.07) is -1.58. The number of ether oxygens (including phenoxy) is 15. The number of carboxylic acids is 2. The molecule has 7 saturated heterocycles. The number of amides is 4. The second-order valence-electron chi connectivity index (χ2n) is 24.9. The van der Waals surface area contributed by atoms with Gasteiger partial charge in [-0.05, 0) is 25.7 Å². The van der Waals surface area contributed by atoms with Crippen LogP contribution in [-0.2, 0) is 188 Å². The second-order valence-corrected chi connectivity index (χ2v) is 31.2. The molecule has 28 atom stereocenters. The molecule has 0 aromatic carbocycles. The first-order valence-corrected chi connectivity index (χ1v) is 41.2. The molecular formula is C53H79N4O50S8-9. The Morgan fingerprint density at radius 1 is 0.470 bits per heavy atom. The van der Waals surface area contributed by atoms with Crippen molar-refractivity contribution in [1.29, 1.82) is 0 Å². The van der Waals surface area contributed by atoms with Crippen LogP contribution in [0.2, 0.25) is 0 Å². The van der Waals surface area contributed by atoms with Crippen LogP contribution in [-0.4, -0.2) is 308 Å². The monoisotopic (exact) mass is 1830 g/mol. The molecule has 0 aromatic rings. The van der Waals surface area contributed by atoms with Crippen molar-refractivity contribution in [1.82, 2.24) is 21.3 Å². The number of hydrogen-bond donors (Lipinski definition) is 4. The number of methoxy groups -OCH3 is 6. The maximum atomic E-state index is 13.9. The third-order valence-electron chi connectivity index (χ3n) is 18.2. The van der Waals surface area contributed by atoms with Gasteiger partial charge >= 0.3 is 6.03 Å². The molecule has 0 aromatic heterocycles. The molecule has 7 rings (SSSR count). The molecule has 4 amide bonds. The Morgan fingerprint density at radius 3 is 1.33 bits per heavy atom. The van der Waals surface area contributed by atoms with Gasteiger partial charge < -0.3 is 147 Å². The number of carbonyl (C=O) groups is 5. The van der Waals surface area contributed by atoms with Gasteiger partial charge in [0.2, 0.25) is 43.0 Å². The van der Waals surface area contributed by atoms with Crippen molar-refractivity contribution in [2.75, 3.05) is 74.8 Å². The lowest BCUT2D eigenvalue weighted by Crippen LogP contribution is -2.70. The number of unbranched alkanes of at least 4 members (excludes halogenated alkanes) is 3. The molecule has 7 aliphatic rings. The van der Waals surface area contributed by atoms with Crippen molar-refractivity contribution >= 4 is 122 Å². The Balaban J connectivity index is 1.15. The summed E-state index contributed by atoms with van der Waals surface area (Å²) in [6.45, 7) is -2.18. The fourth-order valence-corrected chi connectivity index (χ4v) is 17.2. The van der Waals surface area contributed by atoms with Gasteiger partial charge in [0.05, 0.1) is 56.1 Å². The van der Waals surface area contributed by atoms with Gasteiger partial charge in [0, 0.05) is 79.0 Å². The van der Waals surface area contributed by atoms with E-state index in [2.05, 4.69) is 71.3 Å². The van der Waals surface area contributed by atoms with Crippen molar-refractivity contribution < 1.29 is 232 Å². The van der Waals surface area contributed by atoms with Gasteiger partial charge in [-0.15, -0.1) is 17.3 Å². The first-order chi connectivity index (χ1) is 54.8. The summed E-state index contributed by atoms with van der Waals surface area (Å²) < 4.78 is 249. The predicted octanol–water partition coefficient (Wildman–Crippen LogP) is -9.99. The smallest absolute Gasteiger partial charge is 0.315 e. The van der Waals surface area contributed by atoms with Crippen LogP contribution in [0, 0.1) is 5.92 Å². The molecule has 7 aliphatic heterocycles. The van der Waals surface area contributed by atoms with E-state index >= 15 is 0 Å². The number of rotatable bonds is 53. The molecule has 13 unspecified atom stereocenters. The van der Waals surface area contributed by atoms with Crippen LogP contribution in [0.1, 0.15) is 58.3 Å². The Kier molecular flexibility index (Phi) is 42.3. The highest BCUT2D eigenvalue weighted by atomic mass is 32.3. The lowest BCUT2D eigenvalue weighted by molar-refractivity contribution is -0.778. The Hall–Kier alpha value is -2.73. The van der Waals surface area contributed by atoms with Gasteiger partial charge in [0.1, 0.15) is 91.5 Å². The molecule has 668 valence electrons. The SMILES string of the molecule is COC1C(OC)[C@H](O[C@H]2O[C@@H](COS(=O)(=O)[O-])[C@@H](O[C@@H]3OC(C(=O)[O-])[C@@H](O[C@@H]4OC(COS(=O)(=O)[O-])[C@@H](C)[C@H](OC)C4NC(=O)CCCCCNC(=O)CCCCC4SCC5NC(=O)NC54)[C@H](OC)C3OC)C(OSOO[O-])C2OSOO[O-])[C@H](C(=O)[O-])O[C@@H]1O[C@@H]1C(COS(=O)(=O)[O-])O[C@H](OC)C(OSOO[O-])[C@H]1OSOO[O-]. The fraction of sp³-hybridized carbons (Fsp3) is 0.906. The molecule has 0 radical (unpaired) electrons. The van der Waals surface area contributed by atoms with Crippen LogP contribution in [0.4, 0.5) is 4.79 Å². The maximum Gasteiger partial charge on any atom is 0.315 e. The fourth-order valence-electron chi connectivity index (χ4n) is 13.3. The van der Waals surface area contributed by atoms with E-state index in [0.717, 1.165) is 54.1 Å². The molecule has 0 saturated carbocycles. The quantitative estimate of drug-likeness (QED) is 0.00835. The molecule has 54 nitrogen and oxygen atoms in total. The zero-order valence-corrected chi connectivity index (χ0v) is 67.1. The number of nitrogens with one attached hydrogen (secondary N) is 4. The minimum atomic E-state index is -5.88. The topological polar surface area (TPSA) is 720 Å². The van der Waals surface area contributed by atoms with Crippen LogP contribution >= 0.6 is 61.1 Å². The number of thioether (sulfide) groups is 1. The molecule has 7 heterocycles. The van der Waals surface area contributed by atoms with Gasteiger partial charge in [-0.3, -0.25) is 59.0 Å². The van der Waals surface area contributed by atoms with Gasteiger partial charge in [0.25, 0.3) is 0 Å². The van der Waals surface area contributed by atoms with E-state index in [1.807, 2.05) is 0 Å². The van der Waals surface area contributed by atoms with Gasteiger partial charge in [-0.25, -0.2) is 30.0 Å². The average Bonchev–Trinajstić information content (AvgIpc) is 1.42. The van der Waals surface area contributed by atoms with Gasteiger partial charge in [-0.2, -0.15) is 11.8 Å². The summed E-state index contributed by atoms with van der Waals surface area (Å²) in [5, 5.41) is 96.3. The van der Waals surface area contributed by atoms with E-state index < -0.39 is 247 Å². The summed E-state index contributed by atoms with van der Waals surface area (Å²) in [4.78, 5) is 65.4. The minimum Gasteiger partial charge on any atom is -0.726 e. The molecule has 0 aliphatic carbocycles. The van der Waals surface area contributed by atoms with E-state index in [-0.39, 0.29) is 79.7 Å². The largest absolute Gasteiger partial charge is 0.726 e. The zero-order valence-electron chi connectivity index (χ0n) is 60.5. The number of carbonyl (C=O) groups excluding carboxylic acids is 5. The zero-order chi connectivity index (χ0) is 84.3. The van der Waals surface area contributed by atoms with Gasteiger partial charge in [-0.1, -0.05) is 19.8 Å². The highest BCUT2D eigenvalue weighted by Crippen LogP contribution is 2.43. The molecule has 0 bridgehead atoms. The highest BCUT2D eigenvalue weighted by Gasteiger charge is 2.61. The van der Waals surface area contributed by atoms with Crippen molar-refractivity contribution in [2.45, 2.75) is 223 Å². The van der Waals surface area contributed by atoms with E-state index in [0.29, 0.717) is 19.3 Å². The van der Waals surface area contributed by atoms with Crippen LogP contribution in [0.5, 0.6) is 0 Å². The molecule has 115 heavy (non-hydrogen) atoms. The number of urea groups is 1. The summed E-state index contributed by atoms with van der Waals surface area (Å²) in [5.41, 5.74) is 0. The third kappa shape index (κ3) is 29.5. The highest BCUT2D eigenvalue weighted by molar-refractivity contribution is 8.00.